The smallest absolute Gasteiger partial charge is 0.0682 e. The van der Waals surface area contributed by atoms with Crippen LogP contribution in [0, 0.1) is 6.92 Å². The number of aryl methyl sites for hydroxylation is 1. The number of aliphatic hydroxyl groups is 1. The maximum Gasteiger partial charge on any atom is 0.0682 e. The van der Waals surface area contributed by atoms with Crippen LogP contribution in [-0.4, -0.2) is 62.5 Å². The van der Waals surface area contributed by atoms with Gasteiger partial charge < -0.3 is 5.11 Å². The summed E-state index contributed by atoms with van der Waals surface area (Å²) in [5, 5.41) is 14.1. The summed E-state index contributed by atoms with van der Waals surface area (Å²) in [7, 11) is 1.99. The second-order valence-electron chi connectivity index (χ2n) is 6.15. The van der Waals surface area contributed by atoms with E-state index >= 15 is 0 Å². The lowest BCUT2D eigenvalue weighted by atomic mass is 10.1. The highest BCUT2D eigenvalue weighted by atomic mass is 16.3. The van der Waals surface area contributed by atoms with Crippen molar-refractivity contribution in [3.8, 4) is 0 Å². The van der Waals surface area contributed by atoms with E-state index in [0.29, 0.717) is 12.1 Å². The maximum atomic E-state index is 9.80. The lowest BCUT2D eigenvalue weighted by Crippen LogP contribution is -2.54. The van der Waals surface area contributed by atoms with Crippen LogP contribution < -0.4 is 0 Å². The minimum absolute atomic E-state index is 0.128. The van der Waals surface area contributed by atoms with Gasteiger partial charge in [0.1, 0.15) is 0 Å². The van der Waals surface area contributed by atoms with Gasteiger partial charge in [-0.1, -0.05) is 0 Å². The monoisotopic (exact) mass is 264 g/mol. The zero-order chi connectivity index (χ0) is 13.6. The van der Waals surface area contributed by atoms with Crippen LogP contribution >= 0.6 is 0 Å². The Bertz CT molecular complexity index is 458. The van der Waals surface area contributed by atoms with E-state index < -0.39 is 0 Å². The molecule has 0 radical (unpaired) electrons. The minimum atomic E-state index is -0.128. The first kappa shape index (κ1) is 13.1. The highest BCUT2D eigenvalue weighted by molar-refractivity contribution is 5.16. The molecule has 1 aromatic heterocycles. The van der Waals surface area contributed by atoms with Crippen molar-refractivity contribution in [2.45, 2.75) is 45.0 Å². The summed E-state index contributed by atoms with van der Waals surface area (Å²) in [5.41, 5.74) is 2.57. The van der Waals surface area contributed by atoms with E-state index in [1.807, 2.05) is 17.9 Å². The third-order valence-corrected chi connectivity index (χ3v) is 4.78. The number of piperazine rings is 1. The van der Waals surface area contributed by atoms with Gasteiger partial charge in [-0.3, -0.25) is 14.5 Å². The van der Waals surface area contributed by atoms with E-state index in [1.165, 1.54) is 11.3 Å². The molecule has 0 saturated carbocycles. The lowest BCUT2D eigenvalue weighted by Gasteiger charge is -2.42. The number of aliphatic hydroxyl groups excluding tert-OH is 1. The van der Waals surface area contributed by atoms with Gasteiger partial charge in [-0.2, -0.15) is 5.10 Å². The quantitative estimate of drug-likeness (QED) is 0.838. The number of fused-ring (bicyclic) bond motifs is 1. The Labute approximate surface area is 114 Å². The summed E-state index contributed by atoms with van der Waals surface area (Å²) >= 11 is 0. The zero-order valence-electron chi connectivity index (χ0n) is 12.1. The molecule has 2 aliphatic heterocycles. The summed E-state index contributed by atoms with van der Waals surface area (Å²) < 4.78 is 1.94. The van der Waals surface area contributed by atoms with Crippen LogP contribution in [0.25, 0.3) is 0 Å². The van der Waals surface area contributed by atoms with Crippen molar-refractivity contribution < 1.29 is 5.11 Å². The molecule has 0 spiro atoms. The van der Waals surface area contributed by atoms with Crippen molar-refractivity contribution in [3.05, 3.63) is 17.5 Å². The molecule has 1 N–H and O–H groups in total. The van der Waals surface area contributed by atoms with Gasteiger partial charge in [0, 0.05) is 56.6 Å². The van der Waals surface area contributed by atoms with Crippen LogP contribution in [-0.2, 0) is 13.6 Å². The topological polar surface area (TPSA) is 44.5 Å². The molecule has 5 nitrogen and oxygen atoms in total. The van der Waals surface area contributed by atoms with Gasteiger partial charge in [-0.05, 0) is 20.3 Å². The van der Waals surface area contributed by atoms with E-state index in [9.17, 15) is 5.11 Å². The fourth-order valence-electron chi connectivity index (χ4n) is 3.42. The Morgan fingerprint density at radius 1 is 1.37 bits per heavy atom. The molecular formula is C14H24N4O. The summed E-state index contributed by atoms with van der Waals surface area (Å²) in [6.07, 6.45) is 2.78. The van der Waals surface area contributed by atoms with E-state index in [0.717, 1.165) is 32.6 Å². The molecule has 19 heavy (non-hydrogen) atoms. The largest absolute Gasteiger partial charge is 0.392 e. The number of rotatable bonds is 2. The second kappa shape index (κ2) is 4.89. The van der Waals surface area contributed by atoms with Gasteiger partial charge in [0.05, 0.1) is 12.3 Å². The second-order valence-corrected chi connectivity index (χ2v) is 6.15. The van der Waals surface area contributed by atoms with Crippen molar-refractivity contribution in [1.82, 2.24) is 19.6 Å². The van der Waals surface area contributed by atoms with Gasteiger partial charge in [0.15, 0.2) is 0 Å². The summed E-state index contributed by atoms with van der Waals surface area (Å²) in [4.78, 5) is 4.98. The van der Waals surface area contributed by atoms with E-state index in [4.69, 9.17) is 0 Å². The van der Waals surface area contributed by atoms with Crippen LogP contribution in [0.3, 0.4) is 0 Å². The third-order valence-electron chi connectivity index (χ3n) is 4.78. The first-order chi connectivity index (χ1) is 9.04. The Kier molecular flexibility index (Phi) is 3.37. The van der Waals surface area contributed by atoms with Crippen LogP contribution in [0.4, 0.5) is 0 Å². The first-order valence-corrected chi connectivity index (χ1v) is 7.18. The molecule has 2 aliphatic rings. The average Bonchev–Trinajstić information content (AvgIpc) is 2.85. The predicted molar refractivity (Wildman–Crippen MR) is 73.8 cm³/mol. The van der Waals surface area contributed by atoms with Crippen molar-refractivity contribution in [1.29, 1.82) is 0 Å². The molecule has 3 rings (SSSR count). The SMILES string of the molecule is Cc1c(CN2CC3C[C@@H](O)CN3C[C@H]2C)cnn1C. The molecule has 2 fully saturated rings. The molecule has 0 amide bonds. The lowest BCUT2D eigenvalue weighted by molar-refractivity contribution is 0.0527. The van der Waals surface area contributed by atoms with Crippen molar-refractivity contribution >= 4 is 0 Å². The van der Waals surface area contributed by atoms with Crippen molar-refractivity contribution in [2.75, 3.05) is 19.6 Å². The fourth-order valence-corrected chi connectivity index (χ4v) is 3.42. The Balaban J connectivity index is 1.70. The van der Waals surface area contributed by atoms with Crippen LogP contribution in [0.5, 0.6) is 0 Å². The van der Waals surface area contributed by atoms with Gasteiger partial charge in [0.25, 0.3) is 0 Å². The van der Waals surface area contributed by atoms with Gasteiger partial charge in [-0.25, -0.2) is 0 Å². The van der Waals surface area contributed by atoms with Gasteiger partial charge in [-0.15, -0.1) is 0 Å². The molecule has 2 saturated heterocycles. The molecule has 0 aromatic carbocycles. The Morgan fingerprint density at radius 3 is 2.84 bits per heavy atom. The van der Waals surface area contributed by atoms with E-state index in [2.05, 4.69) is 28.7 Å². The Morgan fingerprint density at radius 2 is 2.16 bits per heavy atom. The van der Waals surface area contributed by atoms with Gasteiger partial charge in [0.2, 0.25) is 0 Å². The molecule has 3 atom stereocenters. The number of hydrogen-bond acceptors (Lipinski definition) is 4. The number of aromatic nitrogens is 2. The highest BCUT2D eigenvalue weighted by Crippen LogP contribution is 2.26. The molecule has 1 aromatic rings. The third kappa shape index (κ3) is 2.42. The van der Waals surface area contributed by atoms with Crippen molar-refractivity contribution in [3.63, 3.8) is 0 Å². The highest BCUT2D eigenvalue weighted by Gasteiger charge is 2.38. The van der Waals surface area contributed by atoms with Crippen LogP contribution in [0.1, 0.15) is 24.6 Å². The number of nitrogens with zero attached hydrogens (tertiary/aromatic N) is 4. The van der Waals surface area contributed by atoms with E-state index in [1.54, 1.807) is 0 Å². The van der Waals surface area contributed by atoms with Crippen LogP contribution in [0.15, 0.2) is 6.20 Å². The predicted octanol–water partition coefficient (Wildman–Crippen LogP) is 0.368. The molecule has 0 bridgehead atoms. The van der Waals surface area contributed by atoms with Crippen LogP contribution in [0.2, 0.25) is 0 Å². The van der Waals surface area contributed by atoms with Crippen molar-refractivity contribution in [2.24, 2.45) is 7.05 Å². The molecular weight excluding hydrogens is 240 g/mol. The number of hydrogen-bond donors (Lipinski definition) is 1. The summed E-state index contributed by atoms with van der Waals surface area (Å²) in [5.74, 6) is 0. The Hall–Kier alpha value is -0.910. The summed E-state index contributed by atoms with van der Waals surface area (Å²) in [6.45, 7) is 8.37. The van der Waals surface area contributed by atoms with Gasteiger partial charge >= 0.3 is 0 Å². The average molecular weight is 264 g/mol. The molecule has 0 aliphatic carbocycles. The fraction of sp³-hybridized carbons (Fsp3) is 0.786. The standard InChI is InChI=1S/C14H24N4O/c1-10-6-18-9-14(19)4-13(18)8-17(10)7-12-5-15-16(3)11(12)2/h5,10,13-14,19H,4,6-9H2,1-3H3/t10-,13?,14-/m1/s1. The molecule has 1 unspecified atom stereocenters. The minimum Gasteiger partial charge on any atom is -0.392 e. The molecule has 5 heteroatoms. The molecule has 3 heterocycles. The van der Waals surface area contributed by atoms with E-state index in [-0.39, 0.29) is 6.10 Å². The first-order valence-electron chi connectivity index (χ1n) is 7.18. The maximum absolute atomic E-state index is 9.80. The molecule has 106 valence electrons. The summed E-state index contributed by atoms with van der Waals surface area (Å²) in [6, 6.07) is 1.07. The normalized spacial score (nSPS) is 32.7. The zero-order valence-corrected chi connectivity index (χ0v) is 12.1.